The fraction of sp³-hybridized carbons (Fsp3) is 0.353. The van der Waals surface area contributed by atoms with E-state index in [4.69, 9.17) is 4.74 Å². The molecule has 0 aromatic heterocycles. The zero-order valence-electron chi connectivity index (χ0n) is 23.1. The van der Waals surface area contributed by atoms with Gasteiger partial charge in [0.2, 0.25) is 0 Å². The Hall–Kier alpha value is -3.66. The maximum atomic E-state index is 12.7. The molecule has 38 heavy (non-hydrogen) atoms. The molecule has 1 atom stereocenters. The van der Waals surface area contributed by atoms with E-state index in [1.165, 1.54) is 27.1 Å². The number of ether oxygens (including phenoxy) is 1. The lowest BCUT2D eigenvalue weighted by molar-refractivity contribution is -0.157. The van der Waals surface area contributed by atoms with Gasteiger partial charge in [0, 0.05) is 23.2 Å². The van der Waals surface area contributed by atoms with Crippen LogP contribution in [0.3, 0.4) is 0 Å². The van der Waals surface area contributed by atoms with Crippen molar-refractivity contribution in [3.63, 3.8) is 0 Å². The summed E-state index contributed by atoms with van der Waals surface area (Å²) >= 11 is 0. The van der Waals surface area contributed by atoms with Crippen LogP contribution in [0.2, 0.25) is 0 Å². The van der Waals surface area contributed by atoms with E-state index >= 15 is 0 Å². The van der Waals surface area contributed by atoms with Crippen LogP contribution in [0.5, 0.6) is 0 Å². The number of carbonyl (C=O) groups is 2. The Morgan fingerprint density at radius 1 is 0.895 bits per heavy atom. The van der Waals surface area contributed by atoms with Gasteiger partial charge in [-0.1, -0.05) is 60.7 Å². The summed E-state index contributed by atoms with van der Waals surface area (Å²) in [7, 11) is 0. The number of esters is 1. The molecule has 0 saturated heterocycles. The molecule has 0 saturated carbocycles. The van der Waals surface area contributed by atoms with Crippen LogP contribution in [0.4, 0.5) is 5.69 Å². The SMILES string of the molecule is CC(C)(C)OC(=O)C1CCCc2c1ccc1c2ccc2ccccc21.CC1(C)CC(=O)c2ccccc2N1. The van der Waals surface area contributed by atoms with Crippen LogP contribution in [0, 0.1) is 0 Å². The second-order valence-corrected chi connectivity index (χ2v) is 12.1. The predicted molar refractivity (Wildman–Crippen MR) is 156 cm³/mol. The quantitative estimate of drug-likeness (QED) is 0.208. The van der Waals surface area contributed by atoms with Crippen molar-refractivity contribution in [2.24, 2.45) is 0 Å². The van der Waals surface area contributed by atoms with E-state index in [1.54, 1.807) is 0 Å². The normalized spacial score (nSPS) is 18.0. The number of nitrogens with one attached hydrogen (secondary N) is 1. The molecule has 1 heterocycles. The summed E-state index contributed by atoms with van der Waals surface area (Å²) in [5.41, 5.74) is 3.71. The van der Waals surface area contributed by atoms with Crippen LogP contribution < -0.4 is 5.32 Å². The Morgan fingerprint density at radius 2 is 1.61 bits per heavy atom. The first-order chi connectivity index (χ1) is 18.0. The first kappa shape index (κ1) is 26.0. The third-order valence-corrected chi connectivity index (χ3v) is 7.36. The minimum Gasteiger partial charge on any atom is -0.459 e. The molecule has 1 aliphatic heterocycles. The molecule has 1 unspecified atom stereocenters. The van der Waals surface area contributed by atoms with E-state index in [2.05, 4.69) is 53.8 Å². The van der Waals surface area contributed by atoms with Gasteiger partial charge in [-0.3, -0.25) is 9.59 Å². The fourth-order valence-electron chi connectivity index (χ4n) is 5.77. The number of rotatable bonds is 1. The van der Waals surface area contributed by atoms with Crippen LogP contribution >= 0.6 is 0 Å². The van der Waals surface area contributed by atoms with Gasteiger partial charge >= 0.3 is 5.97 Å². The third kappa shape index (κ3) is 5.31. The van der Waals surface area contributed by atoms with Crippen LogP contribution in [-0.2, 0) is 16.0 Å². The average molecular weight is 508 g/mol. The molecule has 1 aliphatic carbocycles. The summed E-state index contributed by atoms with van der Waals surface area (Å²) in [6, 6.07) is 24.9. The van der Waals surface area contributed by atoms with Gasteiger partial charge < -0.3 is 10.1 Å². The van der Waals surface area contributed by atoms with Crippen LogP contribution in [0.1, 0.15) is 81.3 Å². The molecule has 4 heteroatoms. The molecule has 0 radical (unpaired) electrons. The van der Waals surface area contributed by atoms with E-state index < -0.39 is 5.60 Å². The summed E-state index contributed by atoms with van der Waals surface area (Å²) in [6.45, 7) is 9.88. The Kier molecular flexibility index (Phi) is 6.77. The highest BCUT2D eigenvalue weighted by molar-refractivity contribution is 6.09. The highest BCUT2D eigenvalue weighted by Gasteiger charge is 2.31. The van der Waals surface area contributed by atoms with Crippen molar-refractivity contribution < 1.29 is 14.3 Å². The standard InChI is InChI=1S/C23H24O2.C11H13NO/c1-23(2,3)25-22(24)21-10-6-9-17-19-12-11-15-7-4-5-8-16(15)18(19)13-14-20(17)21;1-11(2)7-10(13)8-5-3-4-6-9(8)12-11/h4-5,7-8,11-14,21H,6,9-10H2,1-3H3;3-6,12H,7H2,1-2H3. The molecular formula is C34H37NO3. The van der Waals surface area contributed by atoms with E-state index in [1.807, 2.05) is 58.9 Å². The number of ketones is 1. The molecule has 196 valence electrons. The van der Waals surface area contributed by atoms with Crippen LogP contribution in [0.25, 0.3) is 21.5 Å². The van der Waals surface area contributed by atoms with Gasteiger partial charge in [-0.05, 0) is 98.7 Å². The van der Waals surface area contributed by atoms with Crippen molar-refractivity contribution >= 4 is 39.0 Å². The lowest BCUT2D eigenvalue weighted by atomic mass is 9.80. The van der Waals surface area contributed by atoms with Gasteiger partial charge in [-0.15, -0.1) is 0 Å². The van der Waals surface area contributed by atoms with E-state index in [-0.39, 0.29) is 23.2 Å². The Labute approximate surface area is 225 Å². The number of para-hydroxylation sites is 1. The van der Waals surface area contributed by atoms with Crippen molar-refractivity contribution in [3.8, 4) is 0 Å². The number of anilines is 1. The summed E-state index contributed by atoms with van der Waals surface area (Å²) in [6.07, 6.45) is 3.51. The van der Waals surface area contributed by atoms with E-state index in [0.717, 1.165) is 36.1 Å². The van der Waals surface area contributed by atoms with E-state index in [0.29, 0.717) is 6.42 Å². The molecule has 2 aliphatic rings. The average Bonchev–Trinajstić information content (AvgIpc) is 2.86. The van der Waals surface area contributed by atoms with Crippen molar-refractivity contribution in [2.45, 2.75) is 77.4 Å². The smallest absolute Gasteiger partial charge is 0.313 e. The number of hydrogen-bond donors (Lipinski definition) is 1. The number of fused-ring (bicyclic) bond motifs is 6. The first-order valence-corrected chi connectivity index (χ1v) is 13.6. The summed E-state index contributed by atoms with van der Waals surface area (Å²) in [4.78, 5) is 24.4. The number of Topliss-reactive ketones (excluding diaryl/α,β-unsaturated/α-hetero) is 1. The highest BCUT2D eigenvalue weighted by atomic mass is 16.6. The summed E-state index contributed by atoms with van der Waals surface area (Å²) in [5.74, 6) is 0.00628. The minimum atomic E-state index is -0.443. The molecule has 4 aromatic carbocycles. The second kappa shape index (κ2) is 9.90. The van der Waals surface area contributed by atoms with E-state index in [9.17, 15) is 9.59 Å². The van der Waals surface area contributed by atoms with Gasteiger partial charge in [0.15, 0.2) is 5.78 Å². The first-order valence-electron chi connectivity index (χ1n) is 13.6. The Balaban J connectivity index is 0.000000190. The zero-order valence-corrected chi connectivity index (χ0v) is 23.1. The number of carbonyl (C=O) groups excluding carboxylic acids is 2. The summed E-state index contributed by atoms with van der Waals surface area (Å²) in [5, 5.41) is 8.45. The Morgan fingerprint density at radius 3 is 2.39 bits per heavy atom. The molecule has 0 bridgehead atoms. The molecular weight excluding hydrogens is 470 g/mol. The third-order valence-electron chi connectivity index (χ3n) is 7.36. The number of benzene rings is 4. The molecule has 0 fully saturated rings. The number of hydrogen-bond acceptors (Lipinski definition) is 4. The zero-order chi connectivity index (χ0) is 27.1. The van der Waals surface area contributed by atoms with Gasteiger partial charge in [-0.2, -0.15) is 0 Å². The molecule has 4 nitrogen and oxygen atoms in total. The van der Waals surface area contributed by atoms with Crippen molar-refractivity contribution in [1.29, 1.82) is 0 Å². The Bertz CT molecular complexity index is 1530. The second-order valence-electron chi connectivity index (χ2n) is 12.1. The maximum Gasteiger partial charge on any atom is 0.313 e. The van der Waals surface area contributed by atoms with Crippen molar-refractivity contribution in [3.05, 3.63) is 89.5 Å². The van der Waals surface area contributed by atoms with Crippen molar-refractivity contribution in [2.75, 3.05) is 5.32 Å². The van der Waals surface area contributed by atoms with Crippen molar-refractivity contribution in [1.82, 2.24) is 0 Å². The maximum absolute atomic E-state index is 12.7. The predicted octanol–water partition coefficient (Wildman–Crippen LogP) is 8.22. The largest absolute Gasteiger partial charge is 0.459 e. The lowest BCUT2D eigenvalue weighted by Crippen LogP contribution is -2.38. The van der Waals surface area contributed by atoms with Gasteiger partial charge in [0.05, 0.1) is 5.92 Å². The molecule has 6 rings (SSSR count). The summed E-state index contributed by atoms with van der Waals surface area (Å²) < 4.78 is 5.68. The number of aryl methyl sites for hydroxylation is 1. The van der Waals surface area contributed by atoms with Crippen LogP contribution in [-0.4, -0.2) is 22.9 Å². The van der Waals surface area contributed by atoms with Gasteiger partial charge in [0.1, 0.15) is 5.60 Å². The molecule has 0 amide bonds. The van der Waals surface area contributed by atoms with Gasteiger partial charge in [0.25, 0.3) is 0 Å². The fourth-order valence-corrected chi connectivity index (χ4v) is 5.77. The molecule has 1 N–H and O–H groups in total. The van der Waals surface area contributed by atoms with Crippen LogP contribution in [0.15, 0.2) is 72.8 Å². The lowest BCUT2D eigenvalue weighted by Gasteiger charge is -2.32. The topological polar surface area (TPSA) is 55.4 Å². The molecule has 0 spiro atoms. The minimum absolute atomic E-state index is 0.0893. The highest BCUT2D eigenvalue weighted by Crippen LogP contribution is 2.39. The van der Waals surface area contributed by atoms with Gasteiger partial charge in [-0.25, -0.2) is 0 Å². The monoisotopic (exact) mass is 507 g/mol. The molecule has 4 aromatic rings.